The molecule has 2 fully saturated rings. The van der Waals surface area contributed by atoms with Gasteiger partial charge in [0.25, 0.3) is 5.91 Å². The summed E-state index contributed by atoms with van der Waals surface area (Å²) in [5, 5.41) is 0. The second-order valence-corrected chi connectivity index (χ2v) is 7.37. The minimum absolute atomic E-state index is 0.0426. The lowest BCUT2D eigenvalue weighted by Gasteiger charge is -2.20. The van der Waals surface area contributed by atoms with Gasteiger partial charge in [-0.25, -0.2) is 9.97 Å². The van der Waals surface area contributed by atoms with Crippen LogP contribution in [0, 0.1) is 0 Å². The van der Waals surface area contributed by atoms with E-state index in [0.717, 1.165) is 24.1 Å². The summed E-state index contributed by atoms with van der Waals surface area (Å²) >= 11 is 0. The smallest absolute Gasteiger partial charge is 0.257 e. The summed E-state index contributed by atoms with van der Waals surface area (Å²) in [6, 6.07) is 5.96. The number of amides is 1. The van der Waals surface area contributed by atoms with Crippen molar-refractivity contribution in [1.29, 1.82) is 0 Å². The monoisotopic (exact) mass is 350 g/mol. The van der Waals surface area contributed by atoms with Crippen LogP contribution in [0.2, 0.25) is 0 Å². The third-order valence-electron chi connectivity index (χ3n) is 5.78. The molecular weight excluding hydrogens is 328 g/mol. The molecule has 1 saturated carbocycles. The predicted molar refractivity (Wildman–Crippen MR) is 97.0 cm³/mol. The van der Waals surface area contributed by atoms with E-state index in [0.29, 0.717) is 18.0 Å². The minimum Gasteiger partial charge on any atom is -0.472 e. The lowest BCUT2D eigenvalue weighted by molar-refractivity contribution is 0.0787. The van der Waals surface area contributed by atoms with Crippen molar-refractivity contribution >= 4 is 17.1 Å². The van der Waals surface area contributed by atoms with Gasteiger partial charge in [-0.05, 0) is 37.5 Å². The van der Waals surface area contributed by atoms with Crippen LogP contribution in [-0.2, 0) is 0 Å². The van der Waals surface area contributed by atoms with Crippen LogP contribution in [0.1, 0.15) is 60.2 Å². The highest BCUT2D eigenvalue weighted by Gasteiger charge is 2.33. The second kappa shape index (κ2) is 6.27. The number of imidazole rings is 1. The summed E-state index contributed by atoms with van der Waals surface area (Å²) < 4.78 is 7.39. The first-order chi connectivity index (χ1) is 12.8. The molecule has 0 unspecified atom stereocenters. The van der Waals surface area contributed by atoms with Gasteiger partial charge in [0.1, 0.15) is 17.6 Å². The average molecular weight is 350 g/mol. The topological polar surface area (TPSA) is 64.2 Å². The van der Waals surface area contributed by atoms with Gasteiger partial charge < -0.3 is 13.9 Å². The highest BCUT2D eigenvalue weighted by Crippen LogP contribution is 2.38. The van der Waals surface area contributed by atoms with E-state index in [2.05, 4.69) is 9.55 Å². The summed E-state index contributed by atoms with van der Waals surface area (Å²) in [5.41, 5.74) is 2.54. The molecule has 3 aromatic heterocycles. The van der Waals surface area contributed by atoms with Crippen LogP contribution in [0.4, 0.5) is 0 Å². The molecule has 5 rings (SSSR count). The lowest BCUT2D eigenvalue weighted by Crippen LogP contribution is -2.29. The molecule has 0 radical (unpaired) electrons. The van der Waals surface area contributed by atoms with Crippen molar-refractivity contribution in [1.82, 2.24) is 19.4 Å². The SMILES string of the molecule is O=C(c1ccoc1)N1CC[C@@H](n2c(C3CCCC3)nc3cccnc32)C1. The van der Waals surface area contributed by atoms with Crippen molar-refractivity contribution < 1.29 is 9.21 Å². The zero-order valence-electron chi connectivity index (χ0n) is 14.7. The van der Waals surface area contributed by atoms with E-state index >= 15 is 0 Å². The molecule has 0 N–H and O–H groups in total. The van der Waals surface area contributed by atoms with Gasteiger partial charge in [0, 0.05) is 25.2 Å². The van der Waals surface area contributed by atoms with E-state index in [-0.39, 0.29) is 11.9 Å². The summed E-state index contributed by atoms with van der Waals surface area (Å²) in [6.45, 7) is 1.46. The Bertz CT molecular complexity index is 925. The standard InChI is InChI=1S/C20H22N4O2/c25-20(15-8-11-26-13-15)23-10-7-16(12-23)24-18(14-4-1-2-5-14)22-17-6-3-9-21-19(17)24/h3,6,8-9,11,13-14,16H,1-2,4-5,7,10,12H2/t16-/m1/s1. The Labute approximate surface area is 151 Å². The van der Waals surface area contributed by atoms with Gasteiger partial charge in [0.05, 0.1) is 17.9 Å². The Morgan fingerprint density at radius 3 is 2.88 bits per heavy atom. The molecule has 2 aliphatic rings. The Morgan fingerprint density at radius 2 is 2.08 bits per heavy atom. The highest BCUT2D eigenvalue weighted by molar-refractivity contribution is 5.94. The van der Waals surface area contributed by atoms with E-state index in [9.17, 15) is 4.79 Å². The fourth-order valence-corrected chi connectivity index (χ4v) is 4.48. The minimum atomic E-state index is 0.0426. The molecule has 6 heteroatoms. The van der Waals surface area contributed by atoms with Crippen LogP contribution < -0.4 is 0 Å². The van der Waals surface area contributed by atoms with E-state index < -0.39 is 0 Å². The Balaban J connectivity index is 1.49. The molecule has 4 heterocycles. The maximum absolute atomic E-state index is 12.7. The molecule has 0 bridgehead atoms. The first-order valence-corrected chi connectivity index (χ1v) is 9.45. The normalized spacial score (nSPS) is 21.1. The van der Waals surface area contributed by atoms with Gasteiger partial charge in [-0.15, -0.1) is 0 Å². The van der Waals surface area contributed by atoms with Crippen molar-refractivity contribution in [3.63, 3.8) is 0 Å². The van der Waals surface area contributed by atoms with Crippen molar-refractivity contribution in [2.45, 2.75) is 44.1 Å². The molecule has 26 heavy (non-hydrogen) atoms. The molecule has 0 spiro atoms. The van der Waals surface area contributed by atoms with Crippen molar-refractivity contribution in [3.05, 3.63) is 48.3 Å². The molecule has 6 nitrogen and oxygen atoms in total. The third-order valence-corrected chi connectivity index (χ3v) is 5.78. The summed E-state index contributed by atoms with van der Waals surface area (Å²) in [4.78, 5) is 24.1. The molecule has 1 amide bonds. The van der Waals surface area contributed by atoms with Crippen molar-refractivity contribution in [2.75, 3.05) is 13.1 Å². The molecular formula is C20H22N4O2. The molecule has 0 aromatic carbocycles. The number of rotatable bonds is 3. The van der Waals surface area contributed by atoms with E-state index in [1.165, 1.54) is 37.8 Å². The van der Waals surface area contributed by atoms with Crippen LogP contribution >= 0.6 is 0 Å². The third kappa shape index (κ3) is 2.52. The van der Waals surface area contributed by atoms with Gasteiger partial charge in [-0.2, -0.15) is 0 Å². The van der Waals surface area contributed by atoms with Gasteiger partial charge in [0.15, 0.2) is 5.65 Å². The average Bonchev–Trinajstić information content (AvgIpc) is 3.47. The van der Waals surface area contributed by atoms with Gasteiger partial charge in [-0.3, -0.25) is 4.79 Å². The maximum atomic E-state index is 12.7. The van der Waals surface area contributed by atoms with Gasteiger partial charge in [-0.1, -0.05) is 12.8 Å². The summed E-state index contributed by atoms with van der Waals surface area (Å²) in [5.74, 6) is 1.72. The van der Waals surface area contributed by atoms with Crippen LogP contribution in [0.3, 0.4) is 0 Å². The first kappa shape index (κ1) is 15.6. The molecule has 1 saturated heterocycles. The molecule has 1 atom stereocenters. The van der Waals surface area contributed by atoms with Crippen molar-refractivity contribution in [2.24, 2.45) is 0 Å². The number of carbonyl (C=O) groups excluding carboxylic acids is 1. The zero-order valence-corrected chi connectivity index (χ0v) is 14.7. The Hall–Kier alpha value is -2.63. The zero-order chi connectivity index (χ0) is 17.5. The van der Waals surface area contributed by atoms with E-state index in [1.54, 1.807) is 12.3 Å². The summed E-state index contributed by atoms with van der Waals surface area (Å²) in [6.07, 6.45) is 10.8. The highest BCUT2D eigenvalue weighted by atomic mass is 16.3. The first-order valence-electron chi connectivity index (χ1n) is 9.45. The quantitative estimate of drug-likeness (QED) is 0.721. The number of furan rings is 1. The van der Waals surface area contributed by atoms with Crippen molar-refractivity contribution in [3.8, 4) is 0 Å². The Morgan fingerprint density at radius 1 is 1.19 bits per heavy atom. The van der Waals surface area contributed by atoms with Gasteiger partial charge >= 0.3 is 0 Å². The molecule has 1 aliphatic heterocycles. The van der Waals surface area contributed by atoms with E-state index in [4.69, 9.17) is 9.40 Å². The van der Waals surface area contributed by atoms with Crippen LogP contribution in [0.15, 0.2) is 41.3 Å². The lowest BCUT2D eigenvalue weighted by atomic mass is 10.1. The van der Waals surface area contributed by atoms with Gasteiger partial charge in [0.2, 0.25) is 0 Å². The fraction of sp³-hybridized carbons (Fsp3) is 0.450. The number of carbonyl (C=O) groups is 1. The number of hydrogen-bond donors (Lipinski definition) is 0. The van der Waals surface area contributed by atoms with Crippen LogP contribution in [0.25, 0.3) is 11.2 Å². The number of fused-ring (bicyclic) bond motifs is 1. The number of pyridine rings is 1. The van der Waals surface area contributed by atoms with Crippen LogP contribution in [-0.4, -0.2) is 38.4 Å². The molecule has 134 valence electrons. The fourth-order valence-electron chi connectivity index (χ4n) is 4.48. The number of aromatic nitrogens is 3. The largest absolute Gasteiger partial charge is 0.472 e. The van der Waals surface area contributed by atoms with E-state index in [1.807, 2.05) is 23.2 Å². The number of hydrogen-bond acceptors (Lipinski definition) is 4. The maximum Gasteiger partial charge on any atom is 0.257 e. The predicted octanol–water partition coefficient (Wildman–Crippen LogP) is 3.77. The second-order valence-electron chi connectivity index (χ2n) is 7.37. The Kier molecular flexibility index (Phi) is 3.76. The summed E-state index contributed by atoms with van der Waals surface area (Å²) in [7, 11) is 0. The number of likely N-dealkylation sites (tertiary alicyclic amines) is 1. The molecule has 1 aliphatic carbocycles. The molecule has 3 aromatic rings. The number of nitrogens with zero attached hydrogens (tertiary/aromatic N) is 4. The van der Waals surface area contributed by atoms with Crippen LogP contribution in [0.5, 0.6) is 0 Å².